The Hall–Kier alpha value is -0.410. The second kappa shape index (κ2) is 5.47. The number of nitrogens with two attached hydrogens (primary N) is 1. The molecule has 0 amide bonds. The van der Waals surface area contributed by atoms with Crippen LogP contribution in [0, 0.1) is 5.92 Å². The molecule has 0 fully saturated rings. The van der Waals surface area contributed by atoms with E-state index in [2.05, 4.69) is 25.7 Å². The van der Waals surface area contributed by atoms with Gasteiger partial charge in [0.05, 0.1) is 5.54 Å². The van der Waals surface area contributed by atoms with Crippen LogP contribution in [-0.4, -0.2) is 36.4 Å². The number of carbonyl (C=O) groups is 1. The first-order valence-electron chi connectivity index (χ1n) is 5.30. The third kappa shape index (κ3) is 4.20. The molecule has 2 N–H and O–H groups in total. The smallest absolute Gasteiger partial charge is 0.150 e. The van der Waals surface area contributed by atoms with Gasteiger partial charge in [0.2, 0.25) is 0 Å². The largest absolute Gasteiger partial charge is 0.318 e. The molecule has 1 atom stereocenters. The van der Waals surface area contributed by atoms with Gasteiger partial charge >= 0.3 is 0 Å². The fourth-order valence-electron chi connectivity index (χ4n) is 1.64. The van der Waals surface area contributed by atoms with E-state index >= 15 is 0 Å². The number of carbonyl (C=O) groups excluding carboxylic acids is 1. The summed E-state index contributed by atoms with van der Waals surface area (Å²) < 4.78 is 0. The van der Waals surface area contributed by atoms with Crippen LogP contribution < -0.4 is 5.73 Å². The fraction of sp³-hybridized carbons (Fsp3) is 0.909. The van der Waals surface area contributed by atoms with Gasteiger partial charge in [0.15, 0.2) is 5.78 Å². The lowest BCUT2D eigenvalue weighted by molar-refractivity contribution is -0.123. The average molecular weight is 200 g/mol. The van der Waals surface area contributed by atoms with Gasteiger partial charge in [-0.3, -0.25) is 4.79 Å². The first-order valence-corrected chi connectivity index (χ1v) is 5.30. The maximum atomic E-state index is 11.5. The van der Waals surface area contributed by atoms with Crippen molar-refractivity contribution in [1.82, 2.24) is 4.90 Å². The molecule has 1 unspecified atom stereocenters. The molecule has 0 spiro atoms. The lowest BCUT2D eigenvalue weighted by Crippen LogP contribution is -2.55. The molecule has 0 aromatic heterocycles. The fourth-order valence-corrected chi connectivity index (χ4v) is 1.64. The highest BCUT2D eigenvalue weighted by Gasteiger charge is 2.32. The Bertz CT molecular complexity index is 192. The number of hydrogen-bond acceptors (Lipinski definition) is 3. The van der Waals surface area contributed by atoms with Gasteiger partial charge in [0.25, 0.3) is 0 Å². The van der Waals surface area contributed by atoms with E-state index in [-0.39, 0.29) is 5.78 Å². The van der Waals surface area contributed by atoms with E-state index in [0.717, 1.165) is 13.0 Å². The zero-order valence-electron chi connectivity index (χ0n) is 10.1. The number of nitrogens with zero attached hydrogens (tertiary/aromatic N) is 1. The van der Waals surface area contributed by atoms with Crippen molar-refractivity contribution < 1.29 is 4.79 Å². The molecule has 0 aliphatic carbocycles. The molecule has 0 bridgehead atoms. The van der Waals surface area contributed by atoms with Crippen LogP contribution in [0.1, 0.15) is 34.1 Å². The quantitative estimate of drug-likeness (QED) is 0.702. The van der Waals surface area contributed by atoms with E-state index in [1.54, 1.807) is 6.92 Å². The topological polar surface area (TPSA) is 46.3 Å². The first-order chi connectivity index (χ1) is 6.31. The van der Waals surface area contributed by atoms with E-state index in [1.165, 1.54) is 0 Å². The zero-order chi connectivity index (χ0) is 11.4. The maximum Gasteiger partial charge on any atom is 0.150 e. The minimum atomic E-state index is -0.668. The van der Waals surface area contributed by atoms with E-state index in [4.69, 9.17) is 5.73 Å². The predicted octanol–water partition coefficient (Wildman–Crippen LogP) is 1.27. The Morgan fingerprint density at radius 1 is 1.50 bits per heavy atom. The summed E-state index contributed by atoms with van der Waals surface area (Å²) in [5.74, 6) is 0.542. The Labute approximate surface area is 87.6 Å². The summed E-state index contributed by atoms with van der Waals surface area (Å²) in [4.78, 5) is 13.6. The standard InChI is InChI=1S/C11H24N2O/c1-6-13(5)8-11(12,10(4)14)7-9(2)3/h9H,6-8,12H2,1-5H3. The molecule has 0 saturated carbocycles. The van der Waals surface area contributed by atoms with Gasteiger partial charge in [0.1, 0.15) is 0 Å². The summed E-state index contributed by atoms with van der Waals surface area (Å²) >= 11 is 0. The van der Waals surface area contributed by atoms with Crippen LogP contribution in [0.25, 0.3) is 0 Å². The van der Waals surface area contributed by atoms with E-state index in [1.807, 2.05) is 7.05 Å². The number of hydrogen-bond donors (Lipinski definition) is 1. The van der Waals surface area contributed by atoms with Crippen molar-refractivity contribution >= 4 is 5.78 Å². The number of Topliss-reactive ketones (excluding diaryl/α,β-unsaturated/α-hetero) is 1. The summed E-state index contributed by atoms with van der Waals surface area (Å²) in [5, 5.41) is 0. The SMILES string of the molecule is CCN(C)CC(N)(CC(C)C)C(C)=O. The van der Waals surface area contributed by atoms with Crippen LogP contribution in [0.4, 0.5) is 0 Å². The third-order valence-corrected chi connectivity index (χ3v) is 2.57. The van der Waals surface area contributed by atoms with Crippen molar-refractivity contribution in [2.75, 3.05) is 20.1 Å². The van der Waals surface area contributed by atoms with Crippen LogP contribution in [0.15, 0.2) is 0 Å². The Kier molecular flexibility index (Phi) is 5.31. The molecule has 0 aliphatic heterocycles. The minimum Gasteiger partial charge on any atom is -0.318 e. The molecular weight excluding hydrogens is 176 g/mol. The molecule has 3 heteroatoms. The molecule has 0 rings (SSSR count). The van der Waals surface area contributed by atoms with Crippen LogP contribution >= 0.6 is 0 Å². The molecule has 0 aromatic rings. The van der Waals surface area contributed by atoms with Gasteiger partial charge in [-0.15, -0.1) is 0 Å². The van der Waals surface area contributed by atoms with Crippen LogP contribution in [0.5, 0.6) is 0 Å². The highest BCUT2D eigenvalue weighted by Crippen LogP contribution is 2.16. The van der Waals surface area contributed by atoms with Crippen molar-refractivity contribution in [1.29, 1.82) is 0 Å². The van der Waals surface area contributed by atoms with Crippen LogP contribution in [0.2, 0.25) is 0 Å². The van der Waals surface area contributed by atoms with Crippen LogP contribution in [-0.2, 0) is 4.79 Å². The maximum absolute atomic E-state index is 11.5. The lowest BCUT2D eigenvalue weighted by atomic mass is 9.86. The molecule has 0 aromatic carbocycles. The third-order valence-electron chi connectivity index (χ3n) is 2.57. The highest BCUT2D eigenvalue weighted by atomic mass is 16.1. The monoisotopic (exact) mass is 200 g/mol. The molecule has 0 radical (unpaired) electrons. The van der Waals surface area contributed by atoms with E-state index in [0.29, 0.717) is 12.5 Å². The molecule has 0 heterocycles. The second-order valence-corrected chi connectivity index (χ2v) is 4.64. The predicted molar refractivity (Wildman–Crippen MR) is 60.2 cm³/mol. The number of rotatable bonds is 6. The molecule has 3 nitrogen and oxygen atoms in total. The molecule has 14 heavy (non-hydrogen) atoms. The number of ketones is 1. The van der Waals surface area contributed by atoms with Gasteiger partial charge in [-0.2, -0.15) is 0 Å². The normalized spacial score (nSPS) is 16.0. The summed E-state index contributed by atoms with van der Waals surface area (Å²) in [7, 11) is 1.99. The van der Waals surface area contributed by atoms with Gasteiger partial charge in [-0.05, 0) is 32.9 Å². The Balaban J connectivity index is 4.47. The van der Waals surface area contributed by atoms with Crippen molar-refractivity contribution in [2.45, 2.75) is 39.7 Å². The van der Waals surface area contributed by atoms with Gasteiger partial charge < -0.3 is 10.6 Å². The molecule has 84 valence electrons. The van der Waals surface area contributed by atoms with Gasteiger partial charge in [-0.25, -0.2) is 0 Å². The average Bonchev–Trinajstić information content (AvgIpc) is 2.02. The van der Waals surface area contributed by atoms with E-state index < -0.39 is 5.54 Å². The van der Waals surface area contributed by atoms with Gasteiger partial charge in [-0.1, -0.05) is 20.8 Å². The summed E-state index contributed by atoms with van der Waals surface area (Å²) in [6.07, 6.45) is 0.757. The lowest BCUT2D eigenvalue weighted by Gasteiger charge is -2.32. The summed E-state index contributed by atoms with van der Waals surface area (Å²) in [5.41, 5.74) is 5.46. The second-order valence-electron chi connectivity index (χ2n) is 4.64. The van der Waals surface area contributed by atoms with Crippen LogP contribution in [0.3, 0.4) is 0 Å². The molecule has 0 aliphatic rings. The molecule has 0 saturated heterocycles. The number of likely N-dealkylation sites (N-methyl/N-ethyl adjacent to an activating group) is 1. The first kappa shape index (κ1) is 13.6. The Morgan fingerprint density at radius 3 is 2.29 bits per heavy atom. The Morgan fingerprint density at radius 2 is 2.00 bits per heavy atom. The molecular formula is C11H24N2O. The van der Waals surface area contributed by atoms with E-state index in [9.17, 15) is 4.79 Å². The summed E-state index contributed by atoms with van der Waals surface area (Å²) in [6.45, 7) is 9.41. The van der Waals surface area contributed by atoms with Crippen molar-refractivity contribution in [3.63, 3.8) is 0 Å². The highest BCUT2D eigenvalue weighted by molar-refractivity contribution is 5.86. The van der Waals surface area contributed by atoms with Gasteiger partial charge in [0, 0.05) is 6.54 Å². The zero-order valence-corrected chi connectivity index (χ0v) is 10.1. The van der Waals surface area contributed by atoms with Crippen molar-refractivity contribution in [3.05, 3.63) is 0 Å². The summed E-state index contributed by atoms with van der Waals surface area (Å²) in [6, 6.07) is 0. The van der Waals surface area contributed by atoms with Crippen molar-refractivity contribution in [3.8, 4) is 0 Å². The van der Waals surface area contributed by atoms with Crippen molar-refractivity contribution in [2.24, 2.45) is 11.7 Å². The minimum absolute atomic E-state index is 0.0894.